The van der Waals surface area contributed by atoms with Gasteiger partial charge in [0.25, 0.3) is 0 Å². The molecule has 2 N–H and O–H groups in total. The van der Waals surface area contributed by atoms with E-state index in [4.69, 9.17) is 11.6 Å². The van der Waals surface area contributed by atoms with Gasteiger partial charge in [0, 0.05) is 11.6 Å². The minimum atomic E-state index is -0.269. The Morgan fingerprint density at radius 3 is 3.00 bits per heavy atom. The van der Waals surface area contributed by atoms with Crippen molar-refractivity contribution < 1.29 is 4.79 Å². The van der Waals surface area contributed by atoms with E-state index in [2.05, 4.69) is 25.6 Å². The maximum absolute atomic E-state index is 12.4. The molecule has 0 saturated heterocycles. The second-order valence-corrected chi connectivity index (χ2v) is 7.03. The number of benzene rings is 1. The molecule has 0 radical (unpaired) electrons. The number of aromatic nitrogens is 6. The van der Waals surface area contributed by atoms with Crippen LogP contribution in [0.5, 0.6) is 0 Å². The molecule has 0 fully saturated rings. The van der Waals surface area contributed by atoms with Crippen LogP contribution in [0, 0.1) is 0 Å². The van der Waals surface area contributed by atoms with E-state index in [0.29, 0.717) is 28.1 Å². The summed E-state index contributed by atoms with van der Waals surface area (Å²) in [7, 11) is 0. The third-order valence-electron chi connectivity index (χ3n) is 3.69. The Bertz CT molecular complexity index is 968. The van der Waals surface area contributed by atoms with E-state index < -0.39 is 0 Å². The first-order valence-electron chi connectivity index (χ1n) is 8.31. The number of anilines is 1. The fourth-order valence-electron chi connectivity index (χ4n) is 2.38. The molecule has 2 heterocycles. The number of hydrogen-bond donors (Lipinski definition) is 2. The van der Waals surface area contributed by atoms with Crippen LogP contribution >= 0.6 is 23.4 Å². The number of carbonyl (C=O) groups is 1. The SMILES string of the molecule is CCCCn1c(SCC(=O)Nc2cc(Cl)ccc2-n2cncn2)n[nH]c1=O. The van der Waals surface area contributed by atoms with Crippen LogP contribution in [-0.4, -0.2) is 41.2 Å². The molecule has 1 amide bonds. The van der Waals surface area contributed by atoms with Crippen LogP contribution in [0.15, 0.2) is 40.8 Å². The van der Waals surface area contributed by atoms with Crippen LogP contribution < -0.4 is 11.0 Å². The molecule has 0 aliphatic rings. The van der Waals surface area contributed by atoms with Crippen molar-refractivity contribution in [2.75, 3.05) is 11.1 Å². The van der Waals surface area contributed by atoms with Gasteiger partial charge in [-0.3, -0.25) is 9.36 Å². The van der Waals surface area contributed by atoms with Crippen molar-refractivity contribution in [2.45, 2.75) is 31.5 Å². The predicted octanol–water partition coefficient (Wildman–Crippen LogP) is 2.34. The largest absolute Gasteiger partial charge is 0.343 e. The highest BCUT2D eigenvalue weighted by atomic mass is 35.5. The summed E-state index contributed by atoms with van der Waals surface area (Å²) in [6.45, 7) is 2.61. The number of nitrogens with one attached hydrogen (secondary N) is 2. The van der Waals surface area contributed by atoms with E-state index in [1.165, 1.54) is 29.1 Å². The molecule has 0 unspecified atom stereocenters. The van der Waals surface area contributed by atoms with E-state index in [0.717, 1.165) is 12.8 Å². The normalized spacial score (nSPS) is 10.9. The lowest BCUT2D eigenvalue weighted by Gasteiger charge is -2.11. The Hall–Kier alpha value is -2.59. The first kappa shape index (κ1) is 19.2. The minimum Gasteiger partial charge on any atom is -0.323 e. The summed E-state index contributed by atoms with van der Waals surface area (Å²) < 4.78 is 3.08. The van der Waals surface area contributed by atoms with Gasteiger partial charge in [0.05, 0.1) is 17.1 Å². The summed E-state index contributed by atoms with van der Waals surface area (Å²) in [5.74, 6) is -0.152. The average Bonchev–Trinajstić information content (AvgIpc) is 3.29. The van der Waals surface area contributed by atoms with Crippen LogP contribution in [-0.2, 0) is 11.3 Å². The number of nitrogens with zero attached hydrogens (tertiary/aromatic N) is 5. The van der Waals surface area contributed by atoms with Crippen molar-refractivity contribution in [1.29, 1.82) is 0 Å². The second kappa shape index (κ2) is 8.87. The standard InChI is InChI=1S/C16H18ClN7O2S/c1-2-3-6-23-15(26)21-22-16(23)27-8-14(25)20-12-7-11(17)4-5-13(12)24-10-18-9-19-24/h4-5,7,9-10H,2-3,6,8H2,1H3,(H,20,25)(H,21,26). The van der Waals surface area contributed by atoms with E-state index in [1.807, 2.05) is 6.92 Å². The summed E-state index contributed by atoms with van der Waals surface area (Å²) in [5, 5.41) is 14.3. The molecule has 9 nitrogen and oxygen atoms in total. The molecule has 0 spiro atoms. The second-order valence-electron chi connectivity index (χ2n) is 5.65. The van der Waals surface area contributed by atoms with Gasteiger partial charge in [0.2, 0.25) is 5.91 Å². The van der Waals surface area contributed by atoms with Crippen molar-refractivity contribution >= 4 is 35.0 Å². The van der Waals surface area contributed by atoms with Crippen LogP contribution in [0.1, 0.15) is 19.8 Å². The fourth-order valence-corrected chi connectivity index (χ4v) is 3.33. The number of amides is 1. The Labute approximate surface area is 164 Å². The van der Waals surface area contributed by atoms with Gasteiger partial charge < -0.3 is 5.32 Å². The van der Waals surface area contributed by atoms with Crippen molar-refractivity contribution in [3.63, 3.8) is 0 Å². The monoisotopic (exact) mass is 407 g/mol. The number of aromatic amines is 1. The molecule has 0 aliphatic heterocycles. The van der Waals surface area contributed by atoms with Gasteiger partial charge >= 0.3 is 5.69 Å². The summed E-state index contributed by atoms with van der Waals surface area (Å²) in [6.07, 6.45) is 4.76. The highest BCUT2D eigenvalue weighted by molar-refractivity contribution is 7.99. The number of halogens is 1. The highest BCUT2D eigenvalue weighted by Gasteiger charge is 2.13. The zero-order chi connectivity index (χ0) is 19.2. The topological polar surface area (TPSA) is 110 Å². The van der Waals surface area contributed by atoms with Gasteiger partial charge in [-0.25, -0.2) is 19.6 Å². The number of thioether (sulfide) groups is 1. The third-order valence-corrected chi connectivity index (χ3v) is 4.90. The van der Waals surface area contributed by atoms with Gasteiger partial charge in [-0.05, 0) is 24.6 Å². The number of rotatable bonds is 8. The van der Waals surface area contributed by atoms with Crippen LogP contribution in [0.4, 0.5) is 5.69 Å². The van der Waals surface area contributed by atoms with E-state index >= 15 is 0 Å². The van der Waals surface area contributed by atoms with Gasteiger partial charge in [0.1, 0.15) is 12.7 Å². The van der Waals surface area contributed by atoms with Gasteiger partial charge in [-0.15, -0.1) is 5.10 Å². The Kier molecular flexibility index (Phi) is 6.30. The molecule has 142 valence electrons. The van der Waals surface area contributed by atoms with E-state index in [-0.39, 0.29) is 17.3 Å². The van der Waals surface area contributed by atoms with Crippen LogP contribution in [0.2, 0.25) is 5.02 Å². The molecule has 0 saturated carbocycles. The summed E-state index contributed by atoms with van der Waals surface area (Å²) in [4.78, 5) is 28.1. The lowest BCUT2D eigenvalue weighted by Crippen LogP contribution is -2.19. The zero-order valence-electron chi connectivity index (χ0n) is 14.6. The molecule has 0 bridgehead atoms. The number of carbonyl (C=O) groups excluding carboxylic acids is 1. The first-order valence-corrected chi connectivity index (χ1v) is 9.67. The highest BCUT2D eigenvalue weighted by Crippen LogP contribution is 2.24. The van der Waals surface area contributed by atoms with Crippen molar-refractivity contribution in [1.82, 2.24) is 29.5 Å². The molecule has 3 rings (SSSR count). The third kappa shape index (κ3) is 4.77. The zero-order valence-corrected chi connectivity index (χ0v) is 16.1. The summed E-state index contributed by atoms with van der Waals surface area (Å²) >= 11 is 7.25. The lowest BCUT2D eigenvalue weighted by atomic mass is 10.2. The van der Waals surface area contributed by atoms with Crippen LogP contribution in [0.3, 0.4) is 0 Å². The van der Waals surface area contributed by atoms with Gasteiger partial charge in [-0.2, -0.15) is 5.10 Å². The van der Waals surface area contributed by atoms with Crippen LogP contribution in [0.25, 0.3) is 5.69 Å². The average molecular weight is 408 g/mol. The maximum atomic E-state index is 12.4. The maximum Gasteiger partial charge on any atom is 0.343 e. The number of H-pyrrole nitrogens is 1. The quantitative estimate of drug-likeness (QED) is 0.554. The molecular formula is C16H18ClN7O2S. The molecular weight excluding hydrogens is 390 g/mol. The number of hydrogen-bond acceptors (Lipinski definition) is 6. The molecule has 3 aromatic rings. The molecule has 27 heavy (non-hydrogen) atoms. The Morgan fingerprint density at radius 2 is 2.26 bits per heavy atom. The van der Waals surface area contributed by atoms with Crippen molar-refractivity contribution in [3.8, 4) is 5.69 Å². The number of unbranched alkanes of at least 4 members (excludes halogenated alkanes) is 1. The minimum absolute atomic E-state index is 0.0970. The van der Waals surface area contributed by atoms with Gasteiger partial charge in [-0.1, -0.05) is 36.7 Å². The smallest absolute Gasteiger partial charge is 0.323 e. The van der Waals surface area contributed by atoms with Crippen molar-refractivity contribution in [2.24, 2.45) is 0 Å². The molecule has 0 aliphatic carbocycles. The molecule has 2 aromatic heterocycles. The summed E-state index contributed by atoms with van der Waals surface area (Å²) in [5.41, 5.74) is 0.897. The van der Waals surface area contributed by atoms with E-state index in [9.17, 15) is 9.59 Å². The van der Waals surface area contributed by atoms with Gasteiger partial charge in [0.15, 0.2) is 5.16 Å². The molecule has 0 atom stereocenters. The van der Waals surface area contributed by atoms with Crippen molar-refractivity contribution in [3.05, 3.63) is 46.4 Å². The fraction of sp³-hybridized carbons (Fsp3) is 0.312. The first-order chi connectivity index (χ1) is 13.1. The molecule has 11 heteroatoms. The predicted molar refractivity (Wildman–Crippen MR) is 103 cm³/mol. The Balaban J connectivity index is 1.69. The molecule has 1 aromatic carbocycles. The van der Waals surface area contributed by atoms with E-state index in [1.54, 1.807) is 22.8 Å². The lowest BCUT2D eigenvalue weighted by molar-refractivity contribution is -0.113. The summed E-state index contributed by atoms with van der Waals surface area (Å²) in [6, 6.07) is 5.10. The Morgan fingerprint density at radius 1 is 1.41 bits per heavy atom.